The van der Waals surface area contributed by atoms with Crippen LogP contribution in [0.5, 0.6) is 0 Å². The maximum atomic E-state index is 12.9. The van der Waals surface area contributed by atoms with Crippen molar-refractivity contribution in [2.24, 2.45) is 5.92 Å². The SMILES string of the molecule is Cc1cccc(CC(C(=O)Nc2cccc(C)c2)C2NNNN2)c1. The lowest BCUT2D eigenvalue weighted by molar-refractivity contribution is -0.120. The third-order valence-electron chi connectivity index (χ3n) is 4.08. The highest BCUT2D eigenvalue weighted by molar-refractivity contribution is 5.93. The molecule has 0 aliphatic carbocycles. The predicted molar refractivity (Wildman–Crippen MR) is 94.5 cm³/mol. The standard InChI is InChI=1S/C18H23N5O/c1-12-5-3-7-14(9-12)11-16(17-20-22-23-21-17)18(24)19-15-8-4-6-13(2)10-15/h3-10,16-17,20-23H,11H2,1-2H3,(H,19,24). The zero-order valence-corrected chi connectivity index (χ0v) is 13.9. The van der Waals surface area contributed by atoms with E-state index in [1.807, 2.05) is 37.3 Å². The molecule has 1 heterocycles. The van der Waals surface area contributed by atoms with Crippen molar-refractivity contribution in [3.63, 3.8) is 0 Å². The van der Waals surface area contributed by atoms with Gasteiger partial charge in [-0.15, -0.1) is 0 Å². The average molecular weight is 325 g/mol. The van der Waals surface area contributed by atoms with Gasteiger partial charge in [-0.2, -0.15) is 11.1 Å². The van der Waals surface area contributed by atoms with Crippen LogP contribution in [0, 0.1) is 19.8 Å². The van der Waals surface area contributed by atoms with Gasteiger partial charge in [-0.25, -0.2) is 10.9 Å². The number of hydrazine groups is 3. The second-order valence-electron chi connectivity index (χ2n) is 6.17. The molecule has 6 nitrogen and oxygen atoms in total. The van der Waals surface area contributed by atoms with Crippen molar-refractivity contribution < 1.29 is 4.79 Å². The molecule has 2 aromatic rings. The highest BCUT2D eigenvalue weighted by atomic mass is 16.2. The van der Waals surface area contributed by atoms with Crippen molar-refractivity contribution in [3.05, 3.63) is 65.2 Å². The summed E-state index contributed by atoms with van der Waals surface area (Å²) in [5.41, 5.74) is 15.9. The van der Waals surface area contributed by atoms with Gasteiger partial charge in [0.1, 0.15) is 0 Å². The number of rotatable bonds is 5. The third kappa shape index (κ3) is 4.18. The second-order valence-corrected chi connectivity index (χ2v) is 6.17. The van der Waals surface area contributed by atoms with E-state index in [0.717, 1.165) is 16.8 Å². The zero-order valence-electron chi connectivity index (χ0n) is 13.9. The van der Waals surface area contributed by atoms with Crippen LogP contribution in [0.4, 0.5) is 5.69 Å². The normalized spacial score (nSPS) is 16.1. The van der Waals surface area contributed by atoms with Crippen molar-refractivity contribution in [2.75, 3.05) is 5.32 Å². The van der Waals surface area contributed by atoms with Crippen LogP contribution in [-0.2, 0) is 11.2 Å². The fourth-order valence-corrected chi connectivity index (χ4v) is 2.88. The van der Waals surface area contributed by atoms with Crippen LogP contribution in [0.2, 0.25) is 0 Å². The Morgan fingerprint density at radius 2 is 1.71 bits per heavy atom. The van der Waals surface area contributed by atoms with Gasteiger partial charge in [0.25, 0.3) is 0 Å². The Kier molecular flexibility index (Phi) is 5.22. The van der Waals surface area contributed by atoms with Crippen LogP contribution >= 0.6 is 0 Å². The Bertz CT molecular complexity index is 712. The molecule has 24 heavy (non-hydrogen) atoms. The van der Waals surface area contributed by atoms with Gasteiger partial charge >= 0.3 is 0 Å². The minimum Gasteiger partial charge on any atom is -0.326 e. The van der Waals surface area contributed by atoms with Gasteiger partial charge in [0.05, 0.1) is 12.1 Å². The number of carbonyl (C=O) groups is 1. The summed E-state index contributed by atoms with van der Waals surface area (Å²) < 4.78 is 0. The Hall–Kier alpha value is -2.25. The van der Waals surface area contributed by atoms with E-state index in [2.05, 4.69) is 52.4 Å². The number of aryl methyl sites for hydroxylation is 2. The Labute approximate surface area is 141 Å². The van der Waals surface area contributed by atoms with E-state index in [-0.39, 0.29) is 18.0 Å². The molecule has 0 aromatic heterocycles. The molecule has 1 atom stereocenters. The first-order chi connectivity index (χ1) is 11.6. The molecule has 1 aliphatic heterocycles. The summed E-state index contributed by atoms with van der Waals surface area (Å²) in [6, 6.07) is 16.1. The fourth-order valence-electron chi connectivity index (χ4n) is 2.88. The van der Waals surface area contributed by atoms with Crippen LogP contribution in [0.25, 0.3) is 0 Å². The van der Waals surface area contributed by atoms with Crippen LogP contribution < -0.4 is 27.2 Å². The highest BCUT2D eigenvalue weighted by Gasteiger charge is 2.30. The molecule has 1 fully saturated rings. The Balaban J connectivity index is 1.77. The molecule has 0 saturated carbocycles. The number of anilines is 1. The van der Waals surface area contributed by atoms with E-state index in [0.29, 0.717) is 6.42 Å². The molecular weight excluding hydrogens is 302 g/mol. The first-order valence-electron chi connectivity index (χ1n) is 8.06. The smallest absolute Gasteiger partial charge is 0.230 e. The molecule has 126 valence electrons. The minimum absolute atomic E-state index is 0.0300. The molecule has 0 bridgehead atoms. The average Bonchev–Trinajstić information content (AvgIpc) is 3.06. The first kappa shape index (κ1) is 16.6. The monoisotopic (exact) mass is 325 g/mol. The molecule has 6 heteroatoms. The van der Waals surface area contributed by atoms with Crippen LogP contribution in [0.1, 0.15) is 16.7 Å². The van der Waals surface area contributed by atoms with Crippen molar-refractivity contribution >= 4 is 11.6 Å². The summed E-state index contributed by atoms with van der Waals surface area (Å²) in [5, 5.41) is 3.02. The van der Waals surface area contributed by atoms with Gasteiger partial charge in [0.2, 0.25) is 5.91 Å². The van der Waals surface area contributed by atoms with Crippen molar-refractivity contribution in [3.8, 4) is 0 Å². The van der Waals surface area contributed by atoms with Crippen LogP contribution in [0.3, 0.4) is 0 Å². The summed E-state index contributed by atoms with van der Waals surface area (Å²) in [6.45, 7) is 4.06. The Morgan fingerprint density at radius 3 is 2.38 bits per heavy atom. The molecular formula is C18H23N5O. The molecule has 1 amide bonds. The van der Waals surface area contributed by atoms with Gasteiger partial charge in [-0.05, 0) is 43.5 Å². The Morgan fingerprint density at radius 1 is 1.04 bits per heavy atom. The number of carbonyl (C=O) groups excluding carboxylic acids is 1. The number of amides is 1. The molecule has 1 unspecified atom stereocenters. The molecule has 3 rings (SSSR count). The maximum absolute atomic E-state index is 12.9. The summed E-state index contributed by atoms with van der Waals surface area (Å²) in [7, 11) is 0. The van der Waals surface area contributed by atoms with E-state index in [1.54, 1.807) is 0 Å². The van der Waals surface area contributed by atoms with Crippen LogP contribution in [0.15, 0.2) is 48.5 Å². The second kappa shape index (κ2) is 7.55. The molecule has 5 N–H and O–H groups in total. The van der Waals surface area contributed by atoms with Gasteiger partial charge < -0.3 is 5.32 Å². The number of hydrogen-bond acceptors (Lipinski definition) is 5. The highest BCUT2D eigenvalue weighted by Crippen LogP contribution is 2.17. The summed E-state index contributed by atoms with van der Waals surface area (Å²) in [6.07, 6.45) is 0.420. The maximum Gasteiger partial charge on any atom is 0.230 e. The quantitative estimate of drug-likeness (QED) is 0.576. The van der Waals surface area contributed by atoms with Gasteiger partial charge in [0, 0.05) is 5.69 Å². The lowest BCUT2D eigenvalue weighted by atomic mass is 9.94. The predicted octanol–water partition coefficient (Wildman–Crippen LogP) is 1.54. The lowest BCUT2D eigenvalue weighted by Crippen LogP contribution is -2.47. The number of nitrogens with one attached hydrogen (secondary N) is 5. The third-order valence-corrected chi connectivity index (χ3v) is 4.08. The van der Waals surface area contributed by atoms with Crippen molar-refractivity contribution in [1.82, 2.24) is 21.9 Å². The van der Waals surface area contributed by atoms with Crippen molar-refractivity contribution in [2.45, 2.75) is 26.4 Å². The zero-order chi connectivity index (χ0) is 16.9. The summed E-state index contributed by atoms with van der Waals surface area (Å²) >= 11 is 0. The molecule has 0 radical (unpaired) electrons. The first-order valence-corrected chi connectivity index (χ1v) is 8.06. The molecule has 2 aromatic carbocycles. The fraction of sp³-hybridized carbons (Fsp3) is 0.278. The summed E-state index contributed by atoms with van der Waals surface area (Å²) in [5.74, 6) is -0.313. The van der Waals surface area contributed by atoms with Crippen LogP contribution in [-0.4, -0.2) is 12.1 Å². The number of hydrogen-bond donors (Lipinski definition) is 5. The van der Waals surface area contributed by atoms with E-state index in [9.17, 15) is 4.79 Å². The van der Waals surface area contributed by atoms with Gasteiger partial charge in [-0.3, -0.25) is 4.79 Å². The summed E-state index contributed by atoms with van der Waals surface area (Å²) in [4.78, 5) is 12.9. The van der Waals surface area contributed by atoms with E-state index in [1.165, 1.54) is 5.56 Å². The largest absolute Gasteiger partial charge is 0.326 e. The van der Waals surface area contributed by atoms with Gasteiger partial charge in [-0.1, -0.05) is 42.0 Å². The molecule has 0 spiro atoms. The van der Waals surface area contributed by atoms with Crippen molar-refractivity contribution in [1.29, 1.82) is 0 Å². The van der Waals surface area contributed by atoms with E-state index < -0.39 is 0 Å². The number of benzene rings is 2. The van der Waals surface area contributed by atoms with E-state index >= 15 is 0 Å². The van der Waals surface area contributed by atoms with Gasteiger partial charge in [0.15, 0.2) is 0 Å². The molecule has 1 saturated heterocycles. The van der Waals surface area contributed by atoms with E-state index in [4.69, 9.17) is 0 Å². The topological polar surface area (TPSA) is 77.2 Å². The molecule has 1 aliphatic rings. The minimum atomic E-state index is -0.283. The lowest BCUT2D eigenvalue weighted by Gasteiger charge is -2.22.